The number of hydrogen-bond acceptors (Lipinski definition) is 5. The molecule has 0 aromatic heterocycles. The van der Waals surface area contributed by atoms with Gasteiger partial charge in [0.1, 0.15) is 0 Å². The van der Waals surface area contributed by atoms with Crippen LogP contribution in [0.5, 0.6) is 0 Å². The largest absolute Gasteiger partial charge is 0.399 e. The average Bonchev–Trinajstić information content (AvgIpc) is 3.22. The Morgan fingerprint density at radius 3 is 2.48 bits per heavy atom. The Balaban J connectivity index is 0.000000293. The molecule has 2 aliphatic heterocycles. The first-order valence-corrected chi connectivity index (χ1v) is 10.2. The van der Waals surface area contributed by atoms with Crippen LogP contribution in [0.3, 0.4) is 0 Å². The van der Waals surface area contributed by atoms with Gasteiger partial charge in [-0.15, -0.1) is 12.8 Å². The van der Waals surface area contributed by atoms with Crippen LogP contribution < -0.4 is 16.8 Å². The third-order valence-electron chi connectivity index (χ3n) is 4.76. The van der Waals surface area contributed by atoms with E-state index in [9.17, 15) is 9.59 Å². The second-order valence-electron chi connectivity index (χ2n) is 7.04. The molecule has 9 nitrogen and oxygen atoms in total. The number of hydrogen-bond donors (Lipinski definition) is 3. The van der Waals surface area contributed by atoms with Crippen molar-refractivity contribution < 1.29 is 9.59 Å². The van der Waals surface area contributed by atoms with Gasteiger partial charge < -0.3 is 21.3 Å². The highest BCUT2D eigenvalue weighted by atomic mass is 16.2. The summed E-state index contributed by atoms with van der Waals surface area (Å²) in [4.78, 5) is 31.1. The number of benzene rings is 1. The van der Waals surface area contributed by atoms with Gasteiger partial charge in [-0.1, -0.05) is 12.5 Å². The molecule has 2 saturated heterocycles. The lowest BCUT2D eigenvalue weighted by Crippen LogP contribution is -2.41. The van der Waals surface area contributed by atoms with Crippen LogP contribution in [0, 0.1) is 24.3 Å². The summed E-state index contributed by atoms with van der Waals surface area (Å²) in [6, 6.07) is 6.90. The van der Waals surface area contributed by atoms with Crippen molar-refractivity contribution in [3.8, 4) is 19.0 Å². The highest BCUT2D eigenvalue weighted by Crippen LogP contribution is 2.15. The summed E-state index contributed by atoms with van der Waals surface area (Å²) in [5.74, 6) is 0.339. The Kier molecular flexibility index (Phi) is 11.7. The van der Waals surface area contributed by atoms with Crippen LogP contribution in [-0.2, 0) is 9.59 Å². The van der Waals surface area contributed by atoms with E-state index in [1.54, 1.807) is 35.4 Å². The summed E-state index contributed by atoms with van der Waals surface area (Å²) in [6.45, 7) is 2.82. The fourth-order valence-electron chi connectivity index (χ4n) is 3.25. The van der Waals surface area contributed by atoms with Gasteiger partial charge in [0.2, 0.25) is 17.8 Å². The van der Waals surface area contributed by atoms with Crippen LogP contribution in [0.15, 0.2) is 29.3 Å². The summed E-state index contributed by atoms with van der Waals surface area (Å²) in [5.41, 5.74) is 12.1. The normalized spacial score (nSPS) is 16.0. The fraction of sp³-hybridized carbons (Fsp3) is 0.455. The monoisotopic (exact) mass is 425 g/mol. The third-order valence-corrected chi connectivity index (χ3v) is 4.76. The Morgan fingerprint density at radius 2 is 1.84 bits per heavy atom. The molecule has 166 valence electrons. The van der Waals surface area contributed by atoms with Crippen LogP contribution in [0.2, 0.25) is 0 Å². The van der Waals surface area contributed by atoms with Crippen molar-refractivity contribution in [3.05, 3.63) is 24.3 Å². The third kappa shape index (κ3) is 9.55. The number of amides is 2. The zero-order valence-corrected chi connectivity index (χ0v) is 17.8. The van der Waals surface area contributed by atoms with E-state index >= 15 is 0 Å². The van der Waals surface area contributed by atoms with Crippen molar-refractivity contribution in [3.63, 3.8) is 0 Å². The van der Waals surface area contributed by atoms with Gasteiger partial charge in [0.15, 0.2) is 6.19 Å². The van der Waals surface area contributed by atoms with Crippen LogP contribution >= 0.6 is 0 Å². The quantitative estimate of drug-likeness (QED) is 0.168. The van der Waals surface area contributed by atoms with Crippen molar-refractivity contribution in [1.82, 2.24) is 15.1 Å². The number of terminal acetylenes is 1. The maximum absolute atomic E-state index is 11.9. The highest BCUT2D eigenvalue weighted by molar-refractivity contribution is 5.85. The van der Waals surface area contributed by atoms with Crippen molar-refractivity contribution in [2.75, 3.05) is 31.9 Å². The summed E-state index contributed by atoms with van der Waals surface area (Å²) in [5, 5.41) is 10.4. The molecule has 2 amide bonds. The SMILES string of the molecule is C#C.N#CNC(N)=Nc1cccc(N)c1.O=C(CN1CCCCCC1=O)N1CCCC1. The van der Waals surface area contributed by atoms with E-state index in [0.29, 0.717) is 24.3 Å². The Morgan fingerprint density at radius 1 is 1.16 bits per heavy atom. The van der Waals surface area contributed by atoms with Gasteiger partial charge >= 0.3 is 0 Å². The number of nitrogens with two attached hydrogens (primary N) is 2. The molecule has 0 radical (unpaired) electrons. The molecule has 2 fully saturated rings. The van der Waals surface area contributed by atoms with E-state index in [2.05, 4.69) is 23.2 Å². The van der Waals surface area contributed by atoms with Gasteiger partial charge in [-0.3, -0.25) is 14.9 Å². The minimum absolute atomic E-state index is 0.0492. The topological polar surface area (TPSA) is 141 Å². The molecule has 0 atom stereocenters. The summed E-state index contributed by atoms with van der Waals surface area (Å²) in [7, 11) is 0. The molecule has 2 heterocycles. The molecule has 9 heteroatoms. The number of rotatable bonds is 3. The van der Waals surface area contributed by atoms with Gasteiger partial charge in [0.05, 0.1) is 12.2 Å². The lowest BCUT2D eigenvalue weighted by atomic mass is 10.2. The zero-order chi connectivity index (χ0) is 23.1. The minimum Gasteiger partial charge on any atom is -0.399 e. The molecule has 5 N–H and O–H groups in total. The van der Waals surface area contributed by atoms with Gasteiger partial charge in [-0.05, 0) is 43.9 Å². The van der Waals surface area contributed by atoms with Crippen molar-refractivity contribution in [1.29, 1.82) is 5.26 Å². The number of guanidine groups is 1. The number of anilines is 1. The van der Waals surface area contributed by atoms with Gasteiger partial charge in [-0.2, -0.15) is 5.26 Å². The van der Waals surface area contributed by atoms with E-state index in [0.717, 1.165) is 51.7 Å². The van der Waals surface area contributed by atoms with Crippen LogP contribution in [0.1, 0.15) is 38.5 Å². The summed E-state index contributed by atoms with van der Waals surface area (Å²) in [6.07, 6.45) is 15.6. The van der Waals surface area contributed by atoms with Gasteiger partial charge in [0.25, 0.3) is 0 Å². The number of carbonyl (C=O) groups is 2. The molecule has 0 bridgehead atoms. The lowest BCUT2D eigenvalue weighted by molar-refractivity contribution is -0.139. The molecule has 0 unspecified atom stereocenters. The Labute approximate surface area is 184 Å². The Bertz CT molecular complexity index is 808. The molecular weight excluding hydrogens is 394 g/mol. The van der Waals surface area contributed by atoms with Crippen molar-refractivity contribution in [2.45, 2.75) is 38.5 Å². The molecular formula is C22H31N7O2. The molecule has 2 aliphatic rings. The molecule has 0 saturated carbocycles. The van der Waals surface area contributed by atoms with E-state index in [4.69, 9.17) is 16.7 Å². The average molecular weight is 426 g/mol. The van der Waals surface area contributed by atoms with E-state index in [-0.39, 0.29) is 17.8 Å². The number of carbonyl (C=O) groups excluding carboxylic acids is 2. The Hall–Kier alpha value is -3.72. The first-order valence-electron chi connectivity index (χ1n) is 10.2. The second kappa shape index (κ2) is 14.3. The van der Waals surface area contributed by atoms with Crippen LogP contribution in [0.4, 0.5) is 11.4 Å². The predicted molar refractivity (Wildman–Crippen MR) is 122 cm³/mol. The number of nitriles is 1. The second-order valence-corrected chi connectivity index (χ2v) is 7.04. The fourth-order valence-corrected chi connectivity index (χ4v) is 3.25. The standard InChI is InChI=1S/C12H20N2O2.C8H9N5.C2H2/c15-11-6-2-1-3-9-14(11)10-12(16)13-7-4-5-8-13;9-5-12-8(11)13-7-3-1-2-6(10)4-7;1-2/h1-10H2;1-4H,10H2,(H3,11,12,13);1-2H. The molecule has 0 spiro atoms. The minimum atomic E-state index is 0.0492. The molecule has 3 rings (SSSR count). The summed E-state index contributed by atoms with van der Waals surface area (Å²) < 4.78 is 0. The number of likely N-dealkylation sites (tertiary alicyclic amines) is 2. The molecule has 31 heavy (non-hydrogen) atoms. The molecule has 1 aromatic carbocycles. The van der Waals surface area contributed by atoms with Crippen molar-refractivity contribution in [2.24, 2.45) is 10.7 Å². The maximum Gasteiger partial charge on any atom is 0.242 e. The van der Waals surface area contributed by atoms with Crippen LogP contribution in [0.25, 0.3) is 0 Å². The zero-order valence-electron chi connectivity index (χ0n) is 17.8. The summed E-state index contributed by atoms with van der Waals surface area (Å²) >= 11 is 0. The predicted octanol–water partition coefficient (Wildman–Crippen LogP) is 1.55. The van der Waals surface area contributed by atoms with Crippen molar-refractivity contribution >= 4 is 29.1 Å². The van der Waals surface area contributed by atoms with E-state index in [1.807, 2.05) is 4.90 Å². The molecule has 0 aliphatic carbocycles. The smallest absolute Gasteiger partial charge is 0.242 e. The van der Waals surface area contributed by atoms with E-state index < -0.39 is 0 Å². The highest BCUT2D eigenvalue weighted by Gasteiger charge is 2.23. The number of aliphatic imine (C=N–C) groups is 1. The number of nitrogen functional groups attached to an aromatic ring is 1. The molecule has 1 aromatic rings. The number of nitrogens with one attached hydrogen (secondary N) is 1. The maximum atomic E-state index is 11.9. The van der Waals surface area contributed by atoms with Crippen LogP contribution in [-0.4, -0.2) is 53.8 Å². The lowest BCUT2D eigenvalue weighted by Gasteiger charge is -2.23. The van der Waals surface area contributed by atoms with Gasteiger partial charge in [0, 0.05) is 31.7 Å². The van der Waals surface area contributed by atoms with E-state index in [1.165, 1.54) is 0 Å². The van der Waals surface area contributed by atoms with Gasteiger partial charge in [-0.25, -0.2) is 4.99 Å². The first-order chi connectivity index (χ1) is 15.0. The number of nitrogens with zero attached hydrogens (tertiary/aromatic N) is 4. The first kappa shape index (κ1) is 25.3.